The van der Waals surface area contributed by atoms with Gasteiger partial charge in [0.05, 0.1) is 0 Å². The lowest BCUT2D eigenvalue weighted by Gasteiger charge is -2.28. The molecule has 0 radical (unpaired) electrons. The van der Waals surface area contributed by atoms with Crippen LogP contribution in [-0.4, -0.2) is 35.5 Å². The second-order valence-electron chi connectivity index (χ2n) is 6.55. The van der Waals surface area contributed by atoms with Crippen LogP contribution in [0.3, 0.4) is 0 Å². The molecular formula is C20H24N2O2. The number of phenols is 1. The topological polar surface area (TPSA) is 43.8 Å². The van der Waals surface area contributed by atoms with Gasteiger partial charge in [0.1, 0.15) is 5.75 Å². The monoisotopic (exact) mass is 324 g/mol. The van der Waals surface area contributed by atoms with E-state index < -0.39 is 0 Å². The van der Waals surface area contributed by atoms with E-state index in [1.807, 2.05) is 29.2 Å². The van der Waals surface area contributed by atoms with Crippen LogP contribution >= 0.6 is 0 Å². The quantitative estimate of drug-likeness (QED) is 0.943. The van der Waals surface area contributed by atoms with Crippen LogP contribution < -0.4 is 4.90 Å². The Morgan fingerprint density at radius 1 is 1.17 bits per heavy atom. The fourth-order valence-electron chi connectivity index (χ4n) is 3.34. The average Bonchev–Trinajstić information content (AvgIpc) is 2.71. The highest BCUT2D eigenvalue weighted by Crippen LogP contribution is 2.26. The molecule has 0 aliphatic carbocycles. The molecule has 126 valence electrons. The number of anilines is 1. The molecule has 0 saturated heterocycles. The molecule has 1 N–H and O–H groups in total. The molecule has 0 aromatic heterocycles. The van der Waals surface area contributed by atoms with Crippen molar-refractivity contribution in [3.63, 3.8) is 0 Å². The van der Waals surface area contributed by atoms with Crippen molar-refractivity contribution >= 4 is 11.6 Å². The molecule has 0 fully saturated rings. The van der Waals surface area contributed by atoms with Crippen LogP contribution in [0.4, 0.5) is 5.69 Å². The van der Waals surface area contributed by atoms with Gasteiger partial charge in [0.25, 0.3) is 0 Å². The highest BCUT2D eigenvalue weighted by Gasteiger charge is 2.26. The molecule has 4 heteroatoms. The molecule has 1 aliphatic rings. The number of nitrogens with zero attached hydrogens (tertiary/aromatic N) is 2. The number of hydrogen-bond donors (Lipinski definition) is 1. The molecular weight excluding hydrogens is 300 g/mol. The van der Waals surface area contributed by atoms with Gasteiger partial charge in [0.15, 0.2) is 0 Å². The third-order valence-electron chi connectivity index (χ3n) is 4.70. The molecule has 4 nitrogen and oxygen atoms in total. The number of para-hydroxylation sites is 1. The number of likely N-dealkylation sites (N-methyl/N-ethyl adjacent to an activating group) is 1. The summed E-state index contributed by atoms with van der Waals surface area (Å²) in [5.74, 6) is 0.437. The Labute approximate surface area is 143 Å². The highest BCUT2D eigenvalue weighted by atomic mass is 16.3. The minimum atomic E-state index is 0.176. The van der Waals surface area contributed by atoms with E-state index in [-0.39, 0.29) is 17.7 Å². The second-order valence-corrected chi connectivity index (χ2v) is 6.55. The van der Waals surface area contributed by atoms with Crippen molar-refractivity contribution in [3.05, 3.63) is 59.7 Å². The van der Waals surface area contributed by atoms with E-state index in [9.17, 15) is 9.90 Å². The Bertz CT molecular complexity index is 712. The molecule has 0 spiro atoms. The molecule has 1 aliphatic heterocycles. The van der Waals surface area contributed by atoms with Crippen molar-refractivity contribution in [2.75, 3.05) is 18.5 Å². The predicted molar refractivity (Wildman–Crippen MR) is 96.2 cm³/mol. The minimum Gasteiger partial charge on any atom is -0.508 e. The number of aryl methyl sites for hydroxylation is 1. The first-order chi connectivity index (χ1) is 11.5. The molecule has 0 saturated carbocycles. The first kappa shape index (κ1) is 16.4. The second kappa shape index (κ2) is 6.95. The number of rotatable bonds is 3. The van der Waals surface area contributed by atoms with Crippen molar-refractivity contribution in [2.24, 2.45) is 0 Å². The number of fused-ring (bicyclic) bond motifs is 1. The molecule has 2 aromatic carbocycles. The van der Waals surface area contributed by atoms with E-state index in [1.54, 1.807) is 12.1 Å². The van der Waals surface area contributed by atoms with Gasteiger partial charge in [-0.05, 0) is 42.7 Å². The van der Waals surface area contributed by atoms with Crippen LogP contribution in [-0.2, 0) is 17.8 Å². The van der Waals surface area contributed by atoms with Crippen LogP contribution in [0, 0.1) is 0 Å². The van der Waals surface area contributed by atoms with Gasteiger partial charge < -0.3 is 14.9 Å². The van der Waals surface area contributed by atoms with Crippen LogP contribution in [0.25, 0.3) is 0 Å². The van der Waals surface area contributed by atoms with E-state index in [2.05, 4.69) is 31.0 Å². The SMILES string of the molecule is C[C@@H]1CN(C)c2ccccc2CN1C(=O)CCc1ccc(O)cc1. The van der Waals surface area contributed by atoms with Crippen LogP contribution in [0.5, 0.6) is 5.75 Å². The smallest absolute Gasteiger partial charge is 0.223 e. The van der Waals surface area contributed by atoms with E-state index >= 15 is 0 Å². The minimum absolute atomic E-state index is 0.176. The summed E-state index contributed by atoms with van der Waals surface area (Å²) in [5.41, 5.74) is 3.47. The first-order valence-corrected chi connectivity index (χ1v) is 8.41. The summed E-state index contributed by atoms with van der Waals surface area (Å²) in [5, 5.41) is 9.34. The molecule has 24 heavy (non-hydrogen) atoms. The number of benzene rings is 2. The Balaban J connectivity index is 1.70. The predicted octanol–water partition coefficient (Wildman–Crippen LogP) is 3.19. The summed E-state index contributed by atoms with van der Waals surface area (Å²) in [6.45, 7) is 3.61. The Morgan fingerprint density at radius 2 is 1.88 bits per heavy atom. The Kier molecular flexibility index (Phi) is 4.74. The number of aromatic hydroxyl groups is 1. The summed E-state index contributed by atoms with van der Waals surface area (Å²) >= 11 is 0. The number of hydrogen-bond acceptors (Lipinski definition) is 3. The van der Waals surface area contributed by atoms with E-state index in [1.165, 1.54) is 11.3 Å². The zero-order valence-electron chi connectivity index (χ0n) is 14.3. The maximum Gasteiger partial charge on any atom is 0.223 e. The third kappa shape index (κ3) is 3.53. The molecule has 0 bridgehead atoms. The maximum absolute atomic E-state index is 12.8. The molecule has 1 amide bonds. The van der Waals surface area contributed by atoms with Crippen molar-refractivity contribution < 1.29 is 9.90 Å². The highest BCUT2D eigenvalue weighted by molar-refractivity contribution is 5.77. The van der Waals surface area contributed by atoms with Crippen molar-refractivity contribution in [2.45, 2.75) is 32.4 Å². The van der Waals surface area contributed by atoms with Crippen LogP contribution in [0.15, 0.2) is 48.5 Å². The normalized spacial score (nSPS) is 17.3. The summed E-state index contributed by atoms with van der Waals surface area (Å²) in [7, 11) is 2.08. The van der Waals surface area contributed by atoms with Crippen molar-refractivity contribution in [1.29, 1.82) is 0 Å². The summed E-state index contributed by atoms with van der Waals surface area (Å²) < 4.78 is 0. The van der Waals surface area contributed by atoms with Gasteiger partial charge in [0, 0.05) is 38.3 Å². The standard InChI is InChI=1S/C20H24N2O2/c1-15-13-21(2)19-6-4-3-5-17(19)14-22(15)20(24)12-9-16-7-10-18(23)11-8-16/h3-8,10-11,15,23H,9,12-14H2,1-2H3/t15-/m1/s1. The number of amides is 1. The Morgan fingerprint density at radius 3 is 2.62 bits per heavy atom. The fourth-order valence-corrected chi connectivity index (χ4v) is 3.34. The molecule has 1 heterocycles. The fraction of sp³-hybridized carbons (Fsp3) is 0.350. The lowest BCUT2D eigenvalue weighted by atomic mass is 10.1. The Hall–Kier alpha value is -2.49. The van der Waals surface area contributed by atoms with Crippen LogP contribution in [0.1, 0.15) is 24.5 Å². The van der Waals surface area contributed by atoms with E-state index in [4.69, 9.17) is 0 Å². The van der Waals surface area contributed by atoms with Gasteiger partial charge >= 0.3 is 0 Å². The summed E-state index contributed by atoms with van der Waals surface area (Å²) in [6, 6.07) is 15.5. The van der Waals surface area contributed by atoms with E-state index in [0.717, 1.165) is 12.1 Å². The number of carbonyl (C=O) groups excluding carboxylic acids is 1. The average molecular weight is 324 g/mol. The first-order valence-electron chi connectivity index (χ1n) is 8.41. The lowest BCUT2D eigenvalue weighted by Crippen LogP contribution is -2.42. The zero-order chi connectivity index (χ0) is 17.1. The van der Waals surface area contributed by atoms with Gasteiger partial charge in [0.2, 0.25) is 5.91 Å². The van der Waals surface area contributed by atoms with E-state index in [0.29, 0.717) is 19.4 Å². The number of phenolic OH excluding ortho intramolecular Hbond substituents is 1. The molecule has 2 aromatic rings. The third-order valence-corrected chi connectivity index (χ3v) is 4.70. The van der Waals surface area contributed by atoms with Crippen molar-refractivity contribution in [1.82, 2.24) is 4.90 Å². The maximum atomic E-state index is 12.8. The summed E-state index contributed by atoms with van der Waals surface area (Å²) in [6.07, 6.45) is 1.18. The lowest BCUT2D eigenvalue weighted by molar-refractivity contribution is -0.133. The molecule has 3 rings (SSSR count). The largest absolute Gasteiger partial charge is 0.508 e. The summed E-state index contributed by atoms with van der Waals surface area (Å²) in [4.78, 5) is 17.0. The van der Waals surface area contributed by atoms with Gasteiger partial charge in [-0.2, -0.15) is 0 Å². The number of carbonyl (C=O) groups is 1. The van der Waals surface area contributed by atoms with Gasteiger partial charge in [-0.15, -0.1) is 0 Å². The van der Waals surface area contributed by atoms with Crippen LogP contribution in [0.2, 0.25) is 0 Å². The van der Waals surface area contributed by atoms with Crippen molar-refractivity contribution in [3.8, 4) is 5.75 Å². The van der Waals surface area contributed by atoms with Gasteiger partial charge in [-0.1, -0.05) is 30.3 Å². The van der Waals surface area contributed by atoms with Gasteiger partial charge in [-0.3, -0.25) is 4.79 Å². The van der Waals surface area contributed by atoms with Gasteiger partial charge in [-0.25, -0.2) is 0 Å². The molecule has 0 unspecified atom stereocenters. The molecule has 1 atom stereocenters. The zero-order valence-corrected chi connectivity index (χ0v) is 14.3.